The number of amides is 2. The van der Waals surface area contributed by atoms with Crippen LogP contribution in [0.1, 0.15) is 0 Å². The van der Waals surface area contributed by atoms with Crippen molar-refractivity contribution in [1.82, 2.24) is 9.97 Å². The van der Waals surface area contributed by atoms with Crippen molar-refractivity contribution in [2.45, 2.75) is 0 Å². The van der Waals surface area contributed by atoms with Crippen LogP contribution in [-0.2, 0) is 0 Å². The van der Waals surface area contributed by atoms with Gasteiger partial charge in [-0.2, -0.15) is 0 Å². The summed E-state index contributed by atoms with van der Waals surface area (Å²) in [6, 6.07) is 10.9. The molecule has 2 amide bonds. The lowest BCUT2D eigenvalue weighted by Crippen LogP contribution is -2.19. The van der Waals surface area contributed by atoms with E-state index < -0.39 is 0 Å². The van der Waals surface area contributed by atoms with E-state index in [9.17, 15) is 4.79 Å². The fraction of sp³-hybridized carbons (Fsp3) is 0. The lowest BCUT2D eigenvalue weighted by Gasteiger charge is -2.08. The molecule has 3 N–H and O–H groups in total. The van der Waals surface area contributed by atoms with Gasteiger partial charge in [0.05, 0.1) is 23.6 Å². The normalized spacial score (nSPS) is 10.3. The predicted molar refractivity (Wildman–Crippen MR) is 75.2 cm³/mol. The summed E-state index contributed by atoms with van der Waals surface area (Å²) in [7, 11) is 0. The van der Waals surface area contributed by atoms with E-state index in [0.29, 0.717) is 5.69 Å². The first-order chi connectivity index (χ1) is 9.33. The molecule has 0 aliphatic rings. The van der Waals surface area contributed by atoms with E-state index in [0.717, 1.165) is 16.6 Å². The Labute approximate surface area is 109 Å². The number of hydrogen-bond donors (Lipinski definition) is 3. The second kappa shape index (κ2) is 4.81. The Hall–Kier alpha value is -2.82. The number of para-hydroxylation sites is 1. The van der Waals surface area contributed by atoms with Crippen LogP contribution in [0.2, 0.25) is 0 Å². The molecular weight excluding hydrogens is 240 g/mol. The van der Waals surface area contributed by atoms with E-state index in [1.54, 1.807) is 12.4 Å². The van der Waals surface area contributed by atoms with Crippen molar-refractivity contribution in [1.29, 1.82) is 0 Å². The molecule has 0 atom stereocenters. The number of aromatic amines is 1. The van der Waals surface area contributed by atoms with Gasteiger partial charge in [0.25, 0.3) is 0 Å². The van der Waals surface area contributed by atoms with Crippen LogP contribution in [0.4, 0.5) is 16.2 Å². The summed E-state index contributed by atoms with van der Waals surface area (Å²) in [5, 5.41) is 6.48. The number of pyridine rings is 1. The first-order valence-corrected chi connectivity index (χ1v) is 5.87. The van der Waals surface area contributed by atoms with Crippen LogP contribution < -0.4 is 10.6 Å². The van der Waals surface area contributed by atoms with Gasteiger partial charge in [-0.15, -0.1) is 0 Å². The molecule has 0 aliphatic heterocycles. The molecule has 0 aliphatic carbocycles. The Morgan fingerprint density at radius 2 is 1.89 bits per heavy atom. The smallest absolute Gasteiger partial charge is 0.323 e. The quantitative estimate of drug-likeness (QED) is 0.655. The first kappa shape index (κ1) is 11.3. The van der Waals surface area contributed by atoms with Gasteiger partial charge in [0, 0.05) is 17.3 Å². The van der Waals surface area contributed by atoms with Gasteiger partial charge in [0.1, 0.15) is 0 Å². The average molecular weight is 252 g/mol. The second-order valence-electron chi connectivity index (χ2n) is 4.07. The number of H-pyrrole nitrogens is 1. The summed E-state index contributed by atoms with van der Waals surface area (Å²) in [6.45, 7) is 0. The topological polar surface area (TPSA) is 69.8 Å². The lowest BCUT2D eigenvalue weighted by atomic mass is 10.3. The van der Waals surface area contributed by atoms with Gasteiger partial charge in [-0.05, 0) is 18.2 Å². The van der Waals surface area contributed by atoms with Crippen molar-refractivity contribution in [2.75, 3.05) is 10.6 Å². The van der Waals surface area contributed by atoms with Crippen molar-refractivity contribution in [3.63, 3.8) is 0 Å². The summed E-state index contributed by atoms with van der Waals surface area (Å²) >= 11 is 0. The second-order valence-corrected chi connectivity index (χ2v) is 4.07. The maximum atomic E-state index is 11.9. The highest BCUT2D eigenvalue weighted by Crippen LogP contribution is 2.20. The summed E-state index contributed by atoms with van der Waals surface area (Å²) in [5.41, 5.74) is 2.30. The molecule has 5 nitrogen and oxygen atoms in total. The minimum Gasteiger partial charge on any atom is -0.360 e. The highest BCUT2D eigenvalue weighted by atomic mass is 16.2. The zero-order chi connectivity index (χ0) is 13.1. The van der Waals surface area contributed by atoms with Crippen LogP contribution in [-0.4, -0.2) is 16.0 Å². The largest absolute Gasteiger partial charge is 0.360 e. The Morgan fingerprint density at radius 1 is 1.05 bits per heavy atom. The third kappa shape index (κ3) is 2.40. The van der Waals surface area contributed by atoms with Crippen LogP contribution in [0.15, 0.2) is 55.0 Å². The van der Waals surface area contributed by atoms with E-state index >= 15 is 0 Å². The number of fused-ring (bicyclic) bond motifs is 1. The first-order valence-electron chi connectivity index (χ1n) is 5.87. The maximum absolute atomic E-state index is 11.9. The fourth-order valence-electron chi connectivity index (χ4n) is 1.89. The van der Waals surface area contributed by atoms with Gasteiger partial charge in [-0.3, -0.25) is 4.98 Å². The summed E-state index contributed by atoms with van der Waals surface area (Å²) < 4.78 is 0. The average Bonchev–Trinajstić information content (AvgIpc) is 2.89. The molecule has 3 aromatic rings. The van der Waals surface area contributed by atoms with E-state index in [1.807, 2.05) is 42.6 Å². The van der Waals surface area contributed by atoms with Gasteiger partial charge < -0.3 is 15.6 Å². The van der Waals surface area contributed by atoms with E-state index in [4.69, 9.17) is 0 Å². The van der Waals surface area contributed by atoms with Crippen LogP contribution in [0.25, 0.3) is 10.9 Å². The van der Waals surface area contributed by atoms with Gasteiger partial charge in [0.15, 0.2) is 0 Å². The van der Waals surface area contributed by atoms with Crippen LogP contribution >= 0.6 is 0 Å². The standard InChI is InChI=1S/C14H12N4O/c19-14(17-10-4-2-1-3-5-10)18-13-9-15-8-12-11(13)6-7-16-12/h1-9,16H,(H2,17,18,19). The third-order valence-electron chi connectivity index (χ3n) is 2.76. The molecule has 0 radical (unpaired) electrons. The molecule has 94 valence electrons. The molecule has 5 heteroatoms. The number of carbonyl (C=O) groups is 1. The van der Waals surface area contributed by atoms with Crippen molar-refractivity contribution in [3.8, 4) is 0 Å². The van der Waals surface area contributed by atoms with Crippen LogP contribution in [0.5, 0.6) is 0 Å². The number of carbonyl (C=O) groups excluding carboxylic acids is 1. The van der Waals surface area contributed by atoms with E-state index in [-0.39, 0.29) is 6.03 Å². The Balaban J connectivity index is 1.78. The van der Waals surface area contributed by atoms with Crippen LogP contribution in [0.3, 0.4) is 0 Å². The molecule has 3 rings (SSSR count). The van der Waals surface area contributed by atoms with Crippen molar-refractivity contribution < 1.29 is 4.79 Å². The summed E-state index contributed by atoms with van der Waals surface area (Å²) in [4.78, 5) is 19.0. The summed E-state index contributed by atoms with van der Waals surface area (Å²) in [6.07, 6.45) is 5.16. The van der Waals surface area contributed by atoms with Crippen LogP contribution in [0, 0.1) is 0 Å². The number of aromatic nitrogens is 2. The fourth-order valence-corrected chi connectivity index (χ4v) is 1.89. The van der Waals surface area contributed by atoms with Gasteiger partial charge in [-0.1, -0.05) is 18.2 Å². The Bertz CT molecular complexity index is 706. The van der Waals surface area contributed by atoms with Crippen molar-refractivity contribution in [2.24, 2.45) is 0 Å². The molecule has 0 saturated carbocycles. The minimum atomic E-state index is -0.290. The zero-order valence-electron chi connectivity index (χ0n) is 10.1. The van der Waals surface area contributed by atoms with Crippen molar-refractivity contribution >= 4 is 28.3 Å². The molecule has 2 heterocycles. The molecule has 1 aromatic carbocycles. The number of benzene rings is 1. The molecule has 0 fully saturated rings. The number of nitrogens with one attached hydrogen (secondary N) is 3. The van der Waals surface area contributed by atoms with Gasteiger partial charge in [-0.25, -0.2) is 4.79 Å². The highest BCUT2D eigenvalue weighted by Gasteiger charge is 2.06. The zero-order valence-corrected chi connectivity index (χ0v) is 10.1. The third-order valence-corrected chi connectivity index (χ3v) is 2.76. The monoisotopic (exact) mass is 252 g/mol. The maximum Gasteiger partial charge on any atom is 0.323 e. The Kier molecular flexibility index (Phi) is 2.86. The van der Waals surface area contributed by atoms with Gasteiger partial charge in [0.2, 0.25) is 0 Å². The summed E-state index contributed by atoms with van der Waals surface area (Å²) in [5.74, 6) is 0. The number of anilines is 2. The van der Waals surface area contributed by atoms with E-state index in [1.165, 1.54) is 0 Å². The Morgan fingerprint density at radius 3 is 2.74 bits per heavy atom. The molecule has 2 aromatic heterocycles. The van der Waals surface area contributed by atoms with E-state index in [2.05, 4.69) is 20.6 Å². The molecule has 0 bridgehead atoms. The highest BCUT2D eigenvalue weighted by molar-refractivity contribution is 6.05. The molecular formula is C14H12N4O. The number of nitrogens with zero attached hydrogens (tertiary/aromatic N) is 1. The van der Waals surface area contributed by atoms with Gasteiger partial charge >= 0.3 is 6.03 Å². The molecule has 0 saturated heterocycles. The number of hydrogen-bond acceptors (Lipinski definition) is 2. The number of urea groups is 1. The molecule has 0 spiro atoms. The molecule has 19 heavy (non-hydrogen) atoms. The lowest BCUT2D eigenvalue weighted by molar-refractivity contribution is 0.262. The molecule has 0 unspecified atom stereocenters. The SMILES string of the molecule is O=C(Nc1ccccc1)Nc1cncc2[nH]ccc12. The van der Waals surface area contributed by atoms with Crippen molar-refractivity contribution in [3.05, 3.63) is 55.0 Å². The predicted octanol–water partition coefficient (Wildman–Crippen LogP) is 3.21. The number of rotatable bonds is 2. The minimum absolute atomic E-state index is 0.290.